The van der Waals surface area contributed by atoms with Crippen LogP contribution in [0, 0.1) is 6.92 Å². The minimum Gasteiger partial charge on any atom is -0.376 e. The normalized spacial score (nSPS) is 19.8. The summed E-state index contributed by atoms with van der Waals surface area (Å²) in [5.41, 5.74) is 7.48. The summed E-state index contributed by atoms with van der Waals surface area (Å²) in [6.45, 7) is 4.13. The van der Waals surface area contributed by atoms with Crippen LogP contribution in [-0.2, 0) is 11.3 Å². The quantitative estimate of drug-likeness (QED) is 0.871. The highest BCUT2D eigenvalue weighted by molar-refractivity contribution is 5.31. The van der Waals surface area contributed by atoms with E-state index in [4.69, 9.17) is 10.5 Å². The van der Waals surface area contributed by atoms with Crippen molar-refractivity contribution >= 4 is 5.95 Å². The molecule has 1 aliphatic heterocycles. The van der Waals surface area contributed by atoms with E-state index in [1.807, 2.05) is 20.0 Å². The second-order valence-electron chi connectivity index (χ2n) is 4.87. The zero-order chi connectivity index (χ0) is 13.0. The molecule has 0 spiro atoms. The number of aryl methyl sites for hydroxylation is 1. The van der Waals surface area contributed by atoms with Gasteiger partial charge in [-0.25, -0.2) is 9.97 Å². The molecule has 1 aromatic rings. The summed E-state index contributed by atoms with van der Waals surface area (Å²) in [5.74, 6) is 0.740. The van der Waals surface area contributed by atoms with Gasteiger partial charge < -0.3 is 15.4 Å². The molecular formula is C13H22N4O. The van der Waals surface area contributed by atoms with Gasteiger partial charge >= 0.3 is 0 Å². The van der Waals surface area contributed by atoms with Crippen molar-refractivity contribution in [2.24, 2.45) is 5.73 Å². The number of nitrogens with zero attached hydrogens (tertiary/aromatic N) is 3. The van der Waals surface area contributed by atoms with Gasteiger partial charge in [-0.05, 0) is 32.3 Å². The Hall–Kier alpha value is -1.20. The number of ether oxygens (including phenoxy) is 1. The monoisotopic (exact) mass is 250 g/mol. The largest absolute Gasteiger partial charge is 0.376 e. The molecule has 1 atom stereocenters. The van der Waals surface area contributed by atoms with Gasteiger partial charge in [0.25, 0.3) is 0 Å². The lowest BCUT2D eigenvalue weighted by atomic mass is 10.1. The van der Waals surface area contributed by atoms with E-state index < -0.39 is 0 Å². The Bertz CT molecular complexity index is 391. The molecule has 18 heavy (non-hydrogen) atoms. The van der Waals surface area contributed by atoms with Crippen molar-refractivity contribution in [3.8, 4) is 0 Å². The first kappa shape index (κ1) is 13.2. The van der Waals surface area contributed by atoms with Gasteiger partial charge in [-0.2, -0.15) is 0 Å². The number of aromatic nitrogens is 2. The smallest absolute Gasteiger partial charge is 0.225 e. The van der Waals surface area contributed by atoms with Crippen molar-refractivity contribution in [3.63, 3.8) is 0 Å². The first-order valence-corrected chi connectivity index (χ1v) is 6.56. The summed E-state index contributed by atoms with van der Waals surface area (Å²) in [6.07, 6.45) is 3.86. The number of likely N-dealkylation sites (N-methyl/N-ethyl adjacent to an activating group) is 1. The second-order valence-corrected chi connectivity index (χ2v) is 4.87. The predicted octanol–water partition coefficient (Wildman–Crippen LogP) is 1.25. The van der Waals surface area contributed by atoms with E-state index in [0.29, 0.717) is 12.6 Å². The fourth-order valence-electron chi connectivity index (χ4n) is 2.23. The molecule has 2 rings (SSSR count). The topological polar surface area (TPSA) is 64.3 Å². The van der Waals surface area contributed by atoms with E-state index in [-0.39, 0.29) is 0 Å². The zero-order valence-corrected chi connectivity index (χ0v) is 11.2. The first-order valence-electron chi connectivity index (χ1n) is 6.56. The summed E-state index contributed by atoms with van der Waals surface area (Å²) in [5, 5.41) is 0. The van der Waals surface area contributed by atoms with Crippen LogP contribution in [0.5, 0.6) is 0 Å². The molecule has 0 radical (unpaired) electrons. The van der Waals surface area contributed by atoms with Crippen LogP contribution < -0.4 is 10.6 Å². The van der Waals surface area contributed by atoms with E-state index in [0.717, 1.165) is 36.9 Å². The van der Waals surface area contributed by atoms with Gasteiger partial charge in [0.05, 0.1) is 11.8 Å². The van der Waals surface area contributed by atoms with Gasteiger partial charge in [0, 0.05) is 32.4 Å². The number of hydrogen-bond acceptors (Lipinski definition) is 5. The molecule has 0 amide bonds. The van der Waals surface area contributed by atoms with Gasteiger partial charge in [0.15, 0.2) is 0 Å². The predicted molar refractivity (Wildman–Crippen MR) is 71.5 cm³/mol. The van der Waals surface area contributed by atoms with Crippen molar-refractivity contribution < 1.29 is 4.74 Å². The van der Waals surface area contributed by atoms with Crippen LogP contribution in [0.2, 0.25) is 0 Å². The third kappa shape index (κ3) is 3.40. The maximum Gasteiger partial charge on any atom is 0.225 e. The minimum atomic E-state index is 0.300. The minimum absolute atomic E-state index is 0.300. The van der Waals surface area contributed by atoms with Gasteiger partial charge in [-0.3, -0.25) is 0 Å². The average molecular weight is 250 g/mol. The van der Waals surface area contributed by atoms with E-state index in [2.05, 4.69) is 14.9 Å². The summed E-state index contributed by atoms with van der Waals surface area (Å²) < 4.78 is 5.73. The van der Waals surface area contributed by atoms with Crippen LogP contribution in [0.15, 0.2) is 6.07 Å². The van der Waals surface area contributed by atoms with Gasteiger partial charge in [-0.15, -0.1) is 0 Å². The highest BCUT2D eigenvalue weighted by atomic mass is 16.5. The molecule has 0 aliphatic carbocycles. The van der Waals surface area contributed by atoms with Crippen LogP contribution in [0.3, 0.4) is 0 Å². The molecule has 1 aromatic heterocycles. The van der Waals surface area contributed by atoms with Crippen molar-refractivity contribution in [3.05, 3.63) is 17.5 Å². The lowest BCUT2D eigenvalue weighted by Crippen LogP contribution is -2.34. The van der Waals surface area contributed by atoms with Crippen molar-refractivity contribution in [2.75, 3.05) is 25.1 Å². The SMILES string of the molecule is Cc1cc(CN)nc(N(C)CC2CCCCO2)n1. The van der Waals surface area contributed by atoms with Gasteiger partial charge in [-0.1, -0.05) is 0 Å². The van der Waals surface area contributed by atoms with Crippen LogP contribution in [0.1, 0.15) is 30.7 Å². The second kappa shape index (κ2) is 6.11. The van der Waals surface area contributed by atoms with Crippen LogP contribution in [0.4, 0.5) is 5.95 Å². The zero-order valence-electron chi connectivity index (χ0n) is 11.2. The molecule has 5 heteroatoms. The maximum atomic E-state index is 5.73. The number of hydrogen-bond donors (Lipinski definition) is 1. The maximum absolute atomic E-state index is 5.73. The molecular weight excluding hydrogens is 228 g/mol. The molecule has 1 saturated heterocycles. The molecule has 1 aliphatic rings. The number of rotatable bonds is 4. The number of anilines is 1. The summed E-state index contributed by atoms with van der Waals surface area (Å²) >= 11 is 0. The van der Waals surface area contributed by atoms with Crippen LogP contribution >= 0.6 is 0 Å². The Morgan fingerprint density at radius 1 is 1.44 bits per heavy atom. The average Bonchev–Trinajstić information content (AvgIpc) is 2.39. The third-order valence-corrected chi connectivity index (χ3v) is 3.20. The summed E-state index contributed by atoms with van der Waals surface area (Å²) in [4.78, 5) is 11.0. The molecule has 100 valence electrons. The van der Waals surface area contributed by atoms with E-state index in [9.17, 15) is 0 Å². The van der Waals surface area contributed by atoms with Gasteiger partial charge in [0.1, 0.15) is 0 Å². The Labute approximate surface area is 108 Å². The van der Waals surface area contributed by atoms with E-state index in [1.165, 1.54) is 12.8 Å². The fourth-order valence-corrected chi connectivity index (χ4v) is 2.23. The molecule has 0 aromatic carbocycles. The van der Waals surface area contributed by atoms with Crippen molar-refractivity contribution in [1.82, 2.24) is 9.97 Å². The summed E-state index contributed by atoms with van der Waals surface area (Å²) in [6, 6.07) is 1.93. The Balaban J connectivity index is 2.02. The Morgan fingerprint density at radius 2 is 2.28 bits per heavy atom. The lowest BCUT2D eigenvalue weighted by Gasteiger charge is -2.27. The molecule has 1 fully saturated rings. The lowest BCUT2D eigenvalue weighted by molar-refractivity contribution is 0.0214. The van der Waals surface area contributed by atoms with Gasteiger partial charge in [0.2, 0.25) is 5.95 Å². The molecule has 0 bridgehead atoms. The highest BCUT2D eigenvalue weighted by Crippen LogP contribution is 2.16. The van der Waals surface area contributed by atoms with Crippen molar-refractivity contribution in [1.29, 1.82) is 0 Å². The highest BCUT2D eigenvalue weighted by Gasteiger charge is 2.17. The van der Waals surface area contributed by atoms with E-state index >= 15 is 0 Å². The molecule has 2 N–H and O–H groups in total. The Morgan fingerprint density at radius 3 is 2.94 bits per heavy atom. The number of nitrogens with two attached hydrogens (primary N) is 1. The van der Waals surface area contributed by atoms with Crippen LogP contribution in [-0.4, -0.2) is 36.3 Å². The first-order chi connectivity index (χ1) is 8.69. The standard InChI is InChI=1S/C13H22N4O/c1-10-7-11(8-14)16-13(15-10)17(2)9-12-5-3-4-6-18-12/h7,12H,3-6,8-9,14H2,1-2H3. The molecule has 2 heterocycles. The third-order valence-electron chi connectivity index (χ3n) is 3.20. The Kier molecular flexibility index (Phi) is 4.49. The fraction of sp³-hybridized carbons (Fsp3) is 0.692. The van der Waals surface area contributed by atoms with E-state index in [1.54, 1.807) is 0 Å². The van der Waals surface area contributed by atoms with Crippen molar-refractivity contribution in [2.45, 2.75) is 38.8 Å². The molecule has 5 nitrogen and oxygen atoms in total. The van der Waals surface area contributed by atoms with Crippen LogP contribution in [0.25, 0.3) is 0 Å². The molecule has 0 saturated carbocycles. The molecule has 1 unspecified atom stereocenters. The summed E-state index contributed by atoms with van der Waals surface area (Å²) in [7, 11) is 2.01.